The molecule has 0 aliphatic rings. The summed E-state index contributed by atoms with van der Waals surface area (Å²) in [5.41, 5.74) is 2.23. The van der Waals surface area contributed by atoms with Crippen molar-refractivity contribution in [2.45, 2.75) is 54.1 Å². The number of carbonyl (C=O) groups is 1. The second-order valence-electron chi connectivity index (χ2n) is 5.30. The van der Waals surface area contributed by atoms with Gasteiger partial charge in [-0.2, -0.15) is 0 Å². The van der Waals surface area contributed by atoms with Crippen LogP contribution in [0.15, 0.2) is 18.2 Å². The Morgan fingerprint density at radius 3 is 2.25 bits per heavy atom. The number of rotatable bonds is 2. The van der Waals surface area contributed by atoms with Crippen LogP contribution in [-0.2, 0) is 4.74 Å². The van der Waals surface area contributed by atoms with Gasteiger partial charge < -0.3 is 10.1 Å². The first-order valence-electron chi connectivity index (χ1n) is 6.85. The molecule has 0 saturated heterocycles. The Morgan fingerprint density at radius 2 is 1.80 bits per heavy atom. The molecule has 0 fully saturated rings. The normalized spacial score (nSPS) is 10.2. The van der Waals surface area contributed by atoms with Crippen LogP contribution in [0.3, 0.4) is 0 Å². The molecule has 4 nitrogen and oxygen atoms in total. The lowest BCUT2D eigenvalue weighted by Gasteiger charge is -2.20. The average molecular weight is 278 g/mol. The molecular formula is C16H26N2O2. The van der Waals surface area contributed by atoms with E-state index in [1.165, 1.54) is 0 Å². The molecular weight excluding hydrogens is 252 g/mol. The third kappa shape index (κ3) is 6.36. The molecule has 1 rings (SSSR count). The first-order chi connectivity index (χ1) is 9.19. The first kappa shape index (κ1) is 18.2. The molecule has 2 N–H and O–H groups in total. The number of amides is 1. The van der Waals surface area contributed by atoms with Crippen molar-refractivity contribution in [1.82, 2.24) is 0 Å². The molecule has 0 spiro atoms. The molecule has 0 aromatic heterocycles. The summed E-state index contributed by atoms with van der Waals surface area (Å²) in [4.78, 5) is 11.7. The number of aryl methyl sites for hydroxylation is 1. The van der Waals surface area contributed by atoms with Crippen LogP contribution in [0, 0.1) is 12.3 Å². The van der Waals surface area contributed by atoms with Gasteiger partial charge >= 0.3 is 6.09 Å². The Bertz CT molecular complexity index is 474. The molecule has 0 aliphatic heterocycles. The van der Waals surface area contributed by atoms with Gasteiger partial charge in [0.1, 0.15) is 5.60 Å². The summed E-state index contributed by atoms with van der Waals surface area (Å²) in [6.45, 7) is 13.1. The van der Waals surface area contributed by atoms with E-state index in [-0.39, 0.29) is 0 Å². The monoisotopic (exact) mass is 278 g/mol. The van der Waals surface area contributed by atoms with E-state index in [1.807, 2.05) is 53.7 Å². The second kappa shape index (κ2) is 7.68. The van der Waals surface area contributed by atoms with Gasteiger partial charge in [0, 0.05) is 11.3 Å². The van der Waals surface area contributed by atoms with Gasteiger partial charge in [-0.3, -0.25) is 5.32 Å². The fraction of sp³-hybridized carbons (Fsp3) is 0.500. The molecule has 0 bridgehead atoms. The molecule has 0 heterocycles. The maximum atomic E-state index is 11.7. The van der Waals surface area contributed by atoms with Crippen LogP contribution in [-0.4, -0.2) is 17.4 Å². The third-order valence-corrected chi connectivity index (χ3v) is 2.21. The van der Waals surface area contributed by atoms with Gasteiger partial charge in [0.05, 0.1) is 5.69 Å². The third-order valence-electron chi connectivity index (χ3n) is 2.21. The van der Waals surface area contributed by atoms with E-state index in [9.17, 15) is 4.79 Å². The topological polar surface area (TPSA) is 62.2 Å². The van der Waals surface area contributed by atoms with Gasteiger partial charge in [-0.1, -0.05) is 25.5 Å². The molecule has 112 valence electrons. The number of ether oxygens (including phenoxy) is 1. The molecule has 4 heteroatoms. The summed E-state index contributed by atoms with van der Waals surface area (Å²) in [6, 6.07) is 5.54. The van der Waals surface area contributed by atoms with Gasteiger partial charge in [-0.25, -0.2) is 4.79 Å². The quantitative estimate of drug-likeness (QED) is 0.766. The molecule has 1 amide bonds. The lowest BCUT2D eigenvalue weighted by Crippen LogP contribution is -2.27. The van der Waals surface area contributed by atoms with Crippen molar-refractivity contribution in [3.05, 3.63) is 29.3 Å². The van der Waals surface area contributed by atoms with E-state index in [4.69, 9.17) is 10.1 Å². The molecule has 20 heavy (non-hydrogen) atoms. The van der Waals surface area contributed by atoms with Crippen LogP contribution in [0.2, 0.25) is 0 Å². The highest BCUT2D eigenvalue weighted by Gasteiger charge is 2.17. The Labute approximate surface area is 122 Å². The van der Waals surface area contributed by atoms with E-state index in [0.717, 1.165) is 5.56 Å². The zero-order valence-corrected chi connectivity index (χ0v) is 13.5. The summed E-state index contributed by atoms with van der Waals surface area (Å²) >= 11 is 0. The lowest BCUT2D eigenvalue weighted by atomic mass is 10.1. The molecule has 0 aliphatic carbocycles. The van der Waals surface area contributed by atoms with Crippen molar-refractivity contribution in [2.24, 2.45) is 0 Å². The highest BCUT2D eigenvalue weighted by molar-refractivity contribution is 6.04. The number of hydrogen-bond acceptors (Lipinski definition) is 3. The first-order valence-corrected chi connectivity index (χ1v) is 6.85. The van der Waals surface area contributed by atoms with Crippen molar-refractivity contribution in [2.75, 3.05) is 5.32 Å². The van der Waals surface area contributed by atoms with E-state index in [2.05, 4.69) is 5.32 Å². The van der Waals surface area contributed by atoms with E-state index < -0.39 is 11.7 Å². The van der Waals surface area contributed by atoms with Gasteiger partial charge in [0.2, 0.25) is 0 Å². The van der Waals surface area contributed by atoms with Gasteiger partial charge in [-0.05, 0) is 46.8 Å². The van der Waals surface area contributed by atoms with Crippen LogP contribution in [0.5, 0.6) is 0 Å². The van der Waals surface area contributed by atoms with E-state index in [0.29, 0.717) is 17.0 Å². The number of anilines is 1. The lowest BCUT2D eigenvalue weighted by molar-refractivity contribution is 0.0636. The van der Waals surface area contributed by atoms with Crippen molar-refractivity contribution < 1.29 is 9.53 Å². The predicted molar refractivity (Wildman–Crippen MR) is 84.9 cm³/mol. The maximum absolute atomic E-state index is 11.7. The minimum absolute atomic E-state index is 0.407. The van der Waals surface area contributed by atoms with Crippen LogP contribution in [0.25, 0.3) is 0 Å². The zero-order valence-electron chi connectivity index (χ0n) is 13.5. The number of hydrogen-bond donors (Lipinski definition) is 2. The Morgan fingerprint density at radius 1 is 1.25 bits per heavy atom. The fourth-order valence-electron chi connectivity index (χ4n) is 1.49. The number of carbonyl (C=O) groups excluding carboxylic acids is 1. The molecule has 0 atom stereocenters. The van der Waals surface area contributed by atoms with Crippen molar-refractivity contribution in [1.29, 1.82) is 5.41 Å². The zero-order chi connectivity index (χ0) is 15.9. The highest BCUT2D eigenvalue weighted by atomic mass is 16.6. The van der Waals surface area contributed by atoms with E-state index in [1.54, 1.807) is 13.0 Å². The predicted octanol–water partition coefficient (Wildman–Crippen LogP) is 4.76. The number of benzene rings is 1. The Kier molecular flexibility index (Phi) is 6.97. The molecule has 0 unspecified atom stereocenters. The average Bonchev–Trinajstić information content (AvgIpc) is 2.31. The highest BCUT2D eigenvalue weighted by Crippen LogP contribution is 2.19. The van der Waals surface area contributed by atoms with Crippen LogP contribution >= 0.6 is 0 Å². The van der Waals surface area contributed by atoms with Gasteiger partial charge in [0.15, 0.2) is 0 Å². The minimum Gasteiger partial charge on any atom is -0.444 e. The molecule has 1 aromatic rings. The van der Waals surface area contributed by atoms with Crippen molar-refractivity contribution >= 4 is 17.5 Å². The molecule has 0 saturated carbocycles. The second-order valence-corrected chi connectivity index (χ2v) is 5.30. The molecule has 1 aromatic carbocycles. The van der Waals surface area contributed by atoms with Crippen molar-refractivity contribution in [3.8, 4) is 0 Å². The van der Waals surface area contributed by atoms with Crippen LogP contribution in [0.1, 0.15) is 52.7 Å². The summed E-state index contributed by atoms with van der Waals surface area (Å²) in [5.74, 6) is 0. The summed E-state index contributed by atoms with van der Waals surface area (Å²) in [5, 5.41) is 10.4. The largest absolute Gasteiger partial charge is 0.444 e. The number of nitrogens with one attached hydrogen (secondary N) is 2. The maximum Gasteiger partial charge on any atom is 0.412 e. The standard InChI is InChI=1S/C14H20N2O2.C2H6/c1-9-6-7-12(11(8-9)10(2)15)16-13(17)18-14(3,4)5;1-2/h6-8,15H,1-5H3,(H,16,17);1-2H3. The van der Waals surface area contributed by atoms with Crippen LogP contribution < -0.4 is 5.32 Å². The minimum atomic E-state index is -0.533. The summed E-state index contributed by atoms with van der Waals surface area (Å²) < 4.78 is 5.19. The Balaban J connectivity index is 0.00000172. The SMILES string of the molecule is CC.CC(=N)c1cc(C)ccc1NC(=O)OC(C)(C)C. The van der Waals surface area contributed by atoms with Crippen molar-refractivity contribution in [3.63, 3.8) is 0 Å². The van der Waals surface area contributed by atoms with Gasteiger partial charge in [0.25, 0.3) is 0 Å². The van der Waals surface area contributed by atoms with Gasteiger partial charge in [-0.15, -0.1) is 0 Å². The smallest absolute Gasteiger partial charge is 0.412 e. The summed E-state index contributed by atoms with van der Waals surface area (Å²) in [7, 11) is 0. The van der Waals surface area contributed by atoms with Crippen LogP contribution in [0.4, 0.5) is 10.5 Å². The summed E-state index contributed by atoms with van der Waals surface area (Å²) in [6.07, 6.45) is -0.506. The van der Waals surface area contributed by atoms with E-state index >= 15 is 0 Å². The molecule has 0 radical (unpaired) electrons. The Hall–Kier alpha value is -1.84. The fourth-order valence-corrected chi connectivity index (χ4v) is 1.49.